The fraction of sp³-hybridized carbons (Fsp3) is 0.500. The van der Waals surface area contributed by atoms with Gasteiger partial charge in [-0.3, -0.25) is 4.90 Å². The van der Waals surface area contributed by atoms with Crippen molar-refractivity contribution >= 4 is 21.1 Å². The number of hydrogen-bond donors (Lipinski definition) is 0. The lowest BCUT2D eigenvalue weighted by Gasteiger charge is -2.29. The molecule has 3 heterocycles. The van der Waals surface area contributed by atoms with Gasteiger partial charge < -0.3 is 14.0 Å². The third-order valence-electron chi connectivity index (χ3n) is 7.23. The lowest BCUT2D eigenvalue weighted by atomic mass is 9.99. The van der Waals surface area contributed by atoms with Gasteiger partial charge in [0.05, 0.1) is 36.7 Å². The van der Waals surface area contributed by atoms with Gasteiger partial charge in [-0.25, -0.2) is 13.4 Å². The van der Waals surface area contributed by atoms with Gasteiger partial charge in [0, 0.05) is 32.7 Å². The summed E-state index contributed by atoms with van der Waals surface area (Å²) in [6, 6.07) is 9.55. The van der Waals surface area contributed by atoms with Crippen LogP contribution >= 0.6 is 0 Å². The van der Waals surface area contributed by atoms with Gasteiger partial charge in [-0.1, -0.05) is 6.42 Å². The zero-order valence-electron chi connectivity index (χ0n) is 20.8. The van der Waals surface area contributed by atoms with Crippen LogP contribution in [0, 0.1) is 0 Å². The molecule has 1 saturated heterocycles. The average molecular weight is 499 g/mol. The molecule has 8 nitrogen and oxygen atoms in total. The molecule has 188 valence electrons. The van der Waals surface area contributed by atoms with Gasteiger partial charge in [-0.15, -0.1) is 0 Å². The van der Waals surface area contributed by atoms with Crippen molar-refractivity contribution in [3.63, 3.8) is 0 Å². The monoisotopic (exact) mass is 498 g/mol. The number of methoxy groups -OCH3 is 2. The first kappa shape index (κ1) is 24.1. The second-order valence-electron chi connectivity index (χ2n) is 9.32. The van der Waals surface area contributed by atoms with Gasteiger partial charge in [0.25, 0.3) is 0 Å². The molecule has 5 rings (SSSR count). The summed E-state index contributed by atoms with van der Waals surface area (Å²) in [5.41, 5.74) is 4.24. The summed E-state index contributed by atoms with van der Waals surface area (Å²) >= 11 is 0. The van der Waals surface area contributed by atoms with E-state index in [9.17, 15) is 8.42 Å². The number of aromatic nitrogens is 2. The number of aryl methyl sites for hydroxylation is 1. The Morgan fingerprint density at radius 3 is 2.34 bits per heavy atom. The van der Waals surface area contributed by atoms with E-state index in [2.05, 4.69) is 28.5 Å². The molecule has 1 fully saturated rings. The Bertz CT molecular complexity index is 1330. The molecule has 1 aromatic heterocycles. The Morgan fingerprint density at radius 1 is 0.943 bits per heavy atom. The van der Waals surface area contributed by atoms with Crippen molar-refractivity contribution in [2.45, 2.75) is 57.1 Å². The fourth-order valence-electron chi connectivity index (χ4n) is 5.32. The number of imidazole rings is 1. The molecule has 0 aliphatic carbocycles. The van der Waals surface area contributed by atoms with Gasteiger partial charge >= 0.3 is 0 Å². The molecule has 2 aliphatic heterocycles. The molecule has 0 radical (unpaired) electrons. The largest absolute Gasteiger partial charge is 0.493 e. The number of benzene rings is 2. The maximum absolute atomic E-state index is 13.2. The summed E-state index contributed by atoms with van der Waals surface area (Å²) < 4.78 is 41.1. The van der Waals surface area contributed by atoms with Crippen LogP contribution in [-0.2, 0) is 36.1 Å². The minimum Gasteiger partial charge on any atom is -0.493 e. The molecular formula is C26H34N4O4S. The molecular weight excluding hydrogens is 464 g/mol. The Labute approximate surface area is 207 Å². The van der Waals surface area contributed by atoms with E-state index in [1.165, 1.54) is 11.1 Å². The minimum atomic E-state index is -3.49. The summed E-state index contributed by atoms with van der Waals surface area (Å²) in [4.78, 5) is 7.63. The van der Waals surface area contributed by atoms with Crippen molar-refractivity contribution in [2.75, 3.05) is 33.9 Å². The predicted octanol–water partition coefficient (Wildman–Crippen LogP) is 3.81. The van der Waals surface area contributed by atoms with Crippen LogP contribution in [0.4, 0.5) is 0 Å². The average Bonchev–Trinajstić information content (AvgIpc) is 3.24. The molecule has 35 heavy (non-hydrogen) atoms. The van der Waals surface area contributed by atoms with E-state index in [-0.39, 0.29) is 0 Å². The molecule has 0 saturated carbocycles. The van der Waals surface area contributed by atoms with Crippen LogP contribution < -0.4 is 9.47 Å². The standard InChI is InChI=1S/C26H34N4O4S/c1-4-30-23-9-8-21(35(31,32)29-11-6-5-7-12-29)16-22(23)27-26(30)18-28-13-10-19-14-24(33-2)25(34-3)15-20(19)17-28/h8-9,14-16H,4-7,10-13,17-18H2,1-3H3. The second kappa shape index (κ2) is 9.79. The zero-order valence-corrected chi connectivity index (χ0v) is 21.6. The zero-order chi connectivity index (χ0) is 24.6. The molecule has 0 amide bonds. The van der Waals surface area contributed by atoms with Crippen LogP contribution in [0.5, 0.6) is 11.5 Å². The quantitative estimate of drug-likeness (QED) is 0.493. The maximum Gasteiger partial charge on any atom is 0.243 e. The molecule has 3 aromatic rings. The van der Waals surface area contributed by atoms with Crippen LogP contribution in [0.15, 0.2) is 35.2 Å². The summed E-state index contributed by atoms with van der Waals surface area (Å²) in [5, 5.41) is 0. The predicted molar refractivity (Wildman–Crippen MR) is 135 cm³/mol. The van der Waals surface area contributed by atoms with Gasteiger partial charge in [-0.05, 0) is 67.6 Å². The Morgan fingerprint density at radius 2 is 1.66 bits per heavy atom. The first-order valence-corrected chi connectivity index (χ1v) is 13.8. The number of ether oxygens (including phenoxy) is 2. The van der Waals surface area contributed by atoms with Gasteiger partial charge in [0.1, 0.15) is 5.82 Å². The van der Waals surface area contributed by atoms with E-state index in [1.54, 1.807) is 30.7 Å². The minimum absolute atomic E-state index is 0.340. The molecule has 2 aliphatic rings. The van der Waals surface area contributed by atoms with Crippen molar-refractivity contribution in [2.24, 2.45) is 0 Å². The van der Waals surface area contributed by atoms with Crippen LogP contribution in [0.25, 0.3) is 11.0 Å². The van der Waals surface area contributed by atoms with Crippen molar-refractivity contribution in [1.29, 1.82) is 0 Å². The van der Waals surface area contributed by atoms with Crippen LogP contribution in [0.3, 0.4) is 0 Å². The number of hydrogen-bond acceptors (Lipinski definition) is 6. The van der Waals surface area contributed by atoms with E-state index in [0.717, 1.165) is 73.7 Å². The lowest BCUT2D eigenvalue weighted by Crippen LogP contribution is -2.35. The number of sulfonamides is 1. The van der Waals surface area contributed by atoms with Gasteiger partial charge in [0.15, 0.2) is 11.5 Å². The SMILES string of the molecule is CCn1c(CN2CCc3cc(OC)c(OC)cc3C2)nc2cc(S(=O)(=O)N3CCCCC3)ccc21. The third kappa shape index (κ3) is 4.52. The van der Waals surface area contributed by atoms with E-state index in [4.69, 9.17) is 14.5 Å². The highest BCUT2D eigenvalue weighted by atomic mass is 32.2. The smallest absolute Gasteiger partial charge is 0.243 e. The topological polar surface area (TPSA) is 76.9 Å². The normalized spacial score (nSPS) is 17.5. The molecule has 0 atom stereocenters. The Balaban J connectivity index is 1.41. The molecule has 9 heteroatoms. The van der Waals surface area contributed by atoms with Crippen molar-refractivity contribution in [3.8, 4) is 11.5 Å². The number of fused-ring (bicyclic) bond motifs is 2. The molecule has 0 N–H and O–H groups in total. The van der Waals surface area contributed by atoms with E-state index in [0.29, 0.717) is 24.5 Å². The highest BCUT2D eigenvalue weighted by Crippen LogP contribution is 2.34. The number of piperidine rings is 1. The summed E-state index contributed by atoms with van der Waals surface area (Å²) in [6.45, 7) is 6.50. The second-order valence-corrected chi connectivity index (χ2v) is 11.3. The highest BCUT2D eigenvalue weighted by molar-refractivity contribution is 7.89. The van der Waals surface area contributed by atoms with Crippen molar-refractivity contribution < 1.29 is 17.9 Å². The molecule has 0 unspecified atom stereocenters. The fourth-order valence-corrected chi connectivity index (χ4v) is 6.86. The summed E-state index contributed by atoms with van der Waals surface area (Å²) in [7, 11) is -0.160. The van der Waals surface area contributed by atoms with E-state index in [1.807, 2.05) is 6.07 Å². The summed E-state index contributed by atoms with van der Waals surface area (Å²) in [6.07, 6.45) is 3.87. The number of rotatable bonds is 7. The van der Waals surface area contributed by atoms with Crippen LogP contribution in [-0.4, -0.2) is 61.0 Å². The van der Waals surface area contributed by atoms with E-state index < -0.39 is 10.0 Å². The van der Waals surface area contributed by atoms with E-state index >= 15 is 0 Å². The first-order chi connectivity index (χ1) is 16.9. The molecule has 2 aromatic carbocycles. The van der Waals surface area contributed by atoms with Crippen molar-refractivity contribution in [1.82, 2.24) is 18.8 Å². The first-order valence-electron chi connectivity index (χ1n) is 12.4. The Hall–Kier alpha value is -2.62. The van der Waals surface area contributed by atoms with Gasteiger partial charge in [-0.2, -0.15) is 4.31 Å². The van der Waals surface area contributed by atoms with Crippen molar-refractivity contribution in [3.05, 3.63) is 47.3 Å². The molecule has 0 spiro atoms. The summed E-state index contributed by atoms with van der Waals surface area (Å²) in [5.74, 6) is 2.47. The van der Waals surface area contributed by atoms with Crippen LogP contribution in [0.1, 0.15) is 43.1 Å². The van der Waals surface area contributed by atoms with Gasteiger partial charge in [0.2, 0.25) is 10.0 Å². The maximum atomic E-state index is 13.2. The highest BCUT2D eigenvalue weighted by Gasteiger charge is 2.27. The lowest BCUT2D eigenvalue weighted by molar-refractivity contribution is 0.235. The van der Waals surface area contributed by atoms with Crippen LogP contribution in [0.2, 0.25) is 0 Å². The Kier molecular flexibility index (Phi) is 6.74. The third-order valence-corrected chi connectivity index (χ3v) is 9.12. The molecule has 0 bridgehead atoms. The number of nitrogens with zero attached hydrogens (tertiary/aromatic N) is 4.